The maximum Gasteiger partial charge on any atom is 0.251 e. The van der Waals surface area contributed by atoms with Crippen molar-refractivity contribution in [3.63, 3.8) is 0 Å². The monoisotopic (exact) mass is 658 g/mol. The lowest BCUT2D eigenvalue weighted by atomic mass is 10.1. The second-order valence-corrected chi connectivity index (χ2v) is 11.0. The van der Waals surface area contributed by atoms with Crippen molar-refractivity contribution in [1.82, 2.24) is 10.6 Å². The molecular formula is C34H31IN2O4. The van der Waals surface area contributed by atoms with Crippen LogP contribution in [0.25, 0.3) is 21.5 Å². The molecular weight excluding hydrogens is 627 g/mol. The van der Waals surface area contributed by atoms with Crippen LogP contribution in [0.3, 0.4) is 0 Å². The summed E-state index contributed by atoms with van der Waals surface area (Å²) in [7, 11) is 0. The smallest absolute Gasteiger partial charge is 0.251 e. The predicted octanol–water partition coefficient (Wildman–Crippen LogP) is 6.99. The van der Waals surface area contributed by atoms with Gasteiger partial charge < -0.3 is 20.1 Å². The van der Waals surface area contributed by atoms with E-state index in [0.717, 1.165) is 25.1 Å². The minimum atomic E-state index is -0.262. The molecule has 7 heteroatoms. The minimum absolute atomic E-state index is 0.141. The average molecular weight is 659 g/mol. The second kappa shape index (κ2) is 13.0. The Kier molecular flexibility index (Phi) is 9.04. The first-order valence-corrected chi connectivity index (χ1v) is 14.6. The maximum atomic E-state index is 12.7. The van der Waals surface area contributed by atoms with Crippen LogP contribution in [-0.4, -0.2) is 37.1 Å². The molecule has 0 aromatic heterocycles. The van der Waals surface area contributed by atoms with Crippen molar-refractivity contribution >= 4 is 56.0 Å². The molecule has 2 N–H and O–H groups in total. The number of rotatable bonds is 10. The van der Waals surface area contributed by atoms with Gasteiger partial charge in [-0.25, -0.2) is 0 Å². The average Bonchev–Trinajstić information content (AvgIpc) is 3.00. The molecule has 5 aromatic rings. The highest BCUT2D eigenvalue weighted by molar-refractivity contribution is 14.1. The molecule has 0 unspecified atom stereocenters. The number of benzene rings is 5. The Morgan fingerprint density at radius 2 is 1.02 bits per heavy atom. The highest BCUT2D eigenvalue weighted by Crippen LogP contribution is 2.31. The molecule has 0 aliphatic carbocycles. The fraction of sp³-hybridized carbons (Fsp3) is 0.176. The lowest BCUT2D eigenvalue weighted by Crippen LogP contribution is -2.34. The summed E-state index contributed by atoms with van der Waals surface area (Å²) in [4.78, 5) is 25.5. The minimum Gasteiger partial charge on any atom is -0.488 e. The lowest BCUT2D eigenvalue weighted by molar-refractivity contribution is 0.0927. The van der Waals surface area contributed by atoms with E-state index in [2.05, 4.69) is 33.2 Å². The van der Waals surface area contributed by atoms with E-state index in [1.54, 1.807) is 0 Å². The van der Waals surface area contributed by atoms with E-state index in [1.165, 1.54) is 0 Å². The third-order valence-electron chi connectivity index (χ3n) is 6.71. The van der Waals surface area contributed by atoms with Crippen molar-refractivity contribution in [2.45, 2.75) is 26.1 Å². The lowest BCUT2D eigenvalue weighted by Gasteiger charge is -2.20. The van der Waals surface area contributed by atoms with Crippen LogP contribution in [0.5, 0.6) is 11.5 Å². The number of hydrogen-bond acceptors (Lipinski definition) is 4. The summed E-state index contributed by atoms with van der Waals surface area (Å²) in [6.07, 6.45) is -0.524. The van der Waals surface area contributed by atoms with Crippen LogP contribution in [0.1, 0.15) is 34.6 Å². The molecule has 0 aliphatic heterocycles. The number of carbonyl (C=O) groups is 2. The Hall–Kier alpha value is -4.11. The summed E-state index contributed by atoms with van der Waals surface area (Å²) in [5, 5.41) is 10.2. The third kappa shape index (κ3) is 7.16. The molecule has 0 fully saturated rings. The number of halogens is 1. The van der Waals surface area contributed by atoms with Gasteiger partial charge in [0, 0.05) is 11.1 Å². The number of amides is 2. The van der Waals surface area contributed by atoms with Crippen LogP contribution < -0.4 is 20.1 Å². The molecule has 41 heavy (non-hydrogen) atoms. The first kappa shape index (κ1) is 28.4. The molecule has 0 bridgehead atoms. The Bertz CT molecular complexity index is 1580. The first-order valence-electron chi connectivity index (χ1n) is 13.5. The van der Waals surface area contributed by atoms with E-state index < -0.39 is 0 Å². The van der Waals surface area contributed by atoms with Crippen molar-refractivity contribution in [1.29, 1.82) is 0 Å². The van der Waals surface area contributed by atoms with Gasteiger partial charge in [0.05, 0.1) is 16.7 Å². The van der Waals surface area contributed by atoms with Crippen LogP contribution in [0.15, 0.2) is 103 Å². The molecule has 0 saturated carbocycles. The summed E-state index contributed by atoms with van der Waals surface area (Å²) in [6.45, 7) is 4.53. The van der Waals surface area contributed by atoms with Gasteiger partial charge in [-0.3, -0.25) is 9.59 Å². The van der Waals surface area contributed by atoms with Crippen molar-refractivity contribution in [3.05, 3.63) is 118 Å². The van der Waals surface area contributed by atoms with E-state index >= 15 is 0 Å². The zero-order chi connectivity index (χ0) is 28.8. The van der Waals surface area contributed by atoms with Gasteiger partial charge in [-0.05, 0) is 94.4 Å². The number of fused-ring (bicyclic) bond motifs is 2. The predicted molar refractivity (Wildman–Crippen MR) is 172 cm³/mol. The van der Waals surface area contributed by atoms with E-state index in [4.69, 9.17) is 9.47 Å². The van der Waals surface area contributed by atoms with Gasteiger partial charge >= 0.3 is 0 Å². The molecule has 0 heterocycles. The number of hydrogen-bond donors (Lipinski definition) is 2. The maximum absolute atomic E-state index is 12.7. The summed E-state index contributed by atoms with van der Waals surface area (Å²) in [5.41, 5.74) is 1.23. The van der Waals surface area contributed by atoms with Gasteiger partial charge in [-0.2, -0.15) is 0 Å². The van der Waals surface area contributed by atoms with Gasteiger partial charge in [-0.1, -0.05) is 66.7 Å². The third-order valence-corrected chi connectivity index (χ3v) is 7.77. The number of nitrogens with one attached hydrogen (secondary N) is 2. The van der Waals surface area contributed by atoms with Gasteiger partial charge in [0.1, 0.15) is 23.7 Å². The first-order chi connectivity index (χ1) is 19.9. The molecule has 208 valence electrons. The summed E-state index contributed by atoms with van der Waals surface area (Å²) in [5.74, 6) is 1.06. The van der Waals surface area contributed by atoms with Crippen LogP contribution in [0.4, 0.5) is 0 Å². The van der Waals surface area contributed by atoms with Gasteiger partial charge in [-0.15, -0.1) is 0 Å². The molecule has 0 aliphatic rings. The summed E-state index contributed by atoms with van der Waals surface area (Å²) >= 11 is 2.20. The van der Waals surface area contributed by atoms with Crippen LogP contribution in [-0.2, 0) is 0 Å². The molecule has 6 nitrogen and oxygen atoms in total. The molecule has 0 saturated heterocycles. The van der Waals surface area contributed by atoms with E-state index in [1.807, 2.05) is 117 Å². The number of ether oxygens (including phenoxy) is 2. The fourth-order valence-electron chi connectivity index (χ4n) is 4.53. The van der Waals surface area contributed by atoms with E-state index in [0.29, 0.717) is 35.7 Å². The van der Waals surface area contributed by atoms with Crippen LogP contribution in [0.2, 0.25) is 0 Å². The standard InChI is InChI=1S/C34H31IN2O4/c1-22(20-36-33(38)28-16-14-24-8-3-5-10-26(24)18-28)40-30-12-7-13-31(32(30)35)41-23(2)21-37-34(39)29-17-15-25-9-4-6-11-27(25)19-29/h3-19,22-23H,20-21H2,1-2H3,(H,36,38)(H,37,39)/t22-,23-/m0/s1. The molecule has 5 aromatic carbocycles. The SMILES string of the molecule is C[C@@H](CNC(=O)c1ccc2ccccc2c1)Oc1cccc(O[C@@H](C)CNC(=O)c2ccc3ccccc3c2)c1I. The highest BCUT2D eigenvalue weighted by Gasteiger charge is 2.16. The molecule has 0 spiro atoms. The van der Waals surface area contributed by atoms with Crippen molar-refractivity contribution < 1.29 is 19.1 Å². The van der Waals surface area contributed by atoms with Crippen molar-refractivity contribution in [3.8, 4) is 11.5 Å². The Morgan fingerprint density at radius 3 is 1.46 bits per heavy atom. The van der Waals surface area contributed by atoms with Gasteiger partial charge in [0.2, 0.25) is 0 Å². The topological polar surface area (TPSA) is 76.7 Å². The molecule has 2 atom stereocenters. The van der Waals surface area contributed by atoms with Gasteiger partial charge in [0.25, 0.3) is 11.8 Å². The molecule has 5 rings (SSSR count). The summed E-state index contributed by atoms with van der Waals surface area (Å²) in [6, 6.07) is 32.9. The Balaban J connectivity index is 1.13. The van der Waals surface area contributed by atoms with E-state index in [-0.39, 0.29) is 24.0 Å². The van der Waals surface area contributed by atoms with Crippen molar-refractivity contribution in [2.24, 2.45) is 0 Å². The second-order valence-electron chi connectivity index (χ2n) is 9.97. The van der Waals surface area contributed by atoms with Crippen molar-refractivity contribution in [2.75, 3.05) is 13.1 Å². The zero-order valence-electron chi connectivity index (χ0n) is 22.9. The van der Waals surface area contributed by atoms with Crippen LogP contribution in [0, 0.1) is 3.57 Å². The molecule has 0 radical (unpaired) electrons. The van der Waals surface area contributed by atoms with E-state index in [9.17, 15) is 9.59 Å². The largest absolute Gasteiger partial charge is 0.488 e. The molecule has 2 amide bonds. The normalized spacial score (nSPS) is 12.5. The van der Waals surface area contributed by atoms with Crippen LogP contribution >= 0.6 is 22.6 Å². The highest BCUT2D eigenvalue weighted by atomic mass is 127. The summed E-state index contributed by atoms with van der Waals surface area (Å²) < 4.78 is 13.1. The quantitative estimate of drug-likeness (QED) is 0.159. The number of carbonyl (C=O) groups excluding carboxylic acids is 2. The van der Waals surface area contributed by atoms with Gasteiger partial charge in [0.15, 0.2) is 0 Å². The Morgan fingerprint density at radius 1 is 0.610 bits per heavy atom. The fourth-order valence-corrected chi connectivity index (χ4v) is 5.14. The zero-order valence-corrected chi connectivity index (χ0v) is 25.1. The Labute approximate surface area is 253 Å².